The standard InChI is InChI=1S/C14H8Br2F2N6O2/c15-4-6-1-2-9(11(18)10(6)17)24-13(21-22-23-24)8-3-7(16)5-19-12(8)20-14(25)26/h1-3,5H,4H2,(H,19,20)(H,25,26). The molecule has 2 heterocycles. The number of hydrogen-bond acceptors (Lipinski definition) is 5. The first-order valence-corrected chi connectivity index (χ1v) is 8.81. The van der Waals surface area contributed by atoms with Crippen LogP contribution in [0.3, 0.4) is 0 Å². The van der Waals surface area contributed by atoms with Crippen molar-refractivity contribution in [2.45, 2.75) is 5.33 Å². The summed E-state index contributed by atoms with van der Waals surface area (Å²) in [7, 11) is 0. The van der Waals surface area contributed by atoms with E-state index in [0.717, 1.165) is 4.68 Å². The molecule has 0 fully saturated rings. The van der Waals surface area contributed by atoms with Crippen molar-refractivity contribution in [1.29, 1.82) is 0 Å². The summed E-state index contributed by atoms with van der Waals surface area (Å²) in [5, 5.41) is 22.2. The highest BCUT2D eigenvalue weighted by molar-refractivity contribution is 9.10. The highest BCUT2D eigenvalue weighted by Crippen LogP contribution is 2.30. The number of nitrogens with zero attached hydrogens (tertiary/aromatic N) is 5. The van der Waals surface area contributed by atoms with Gasteiger partial charge < -0.3 is 5.11 Å². The van der Waals surface area contributed by atoms with E-state index in [4.69, 9.17) is 5.11 Å². The summed E-state index contributed by atoms with van der Waals surface area (Å²) in [4.78, 5) is 14.9. The number of rotatable bonds is 4. The molecular formula is C14H8Br2F2N6O2. The van der Waals surface area contributed by atoms with Gasteiger partial charge in [0.1, 0.15) is 11.5 Å². The van der Waals surface area contributed by atoms with Crippen molar-refractivity contribution in [3.63, 3.8) is 0 Å². The van der Waals surface area contributed by atoms with Crippen LogP contribution in [0.5, 0.6) is 0 Å². The van der Waals surface area contributed by atoms with Crippen molar-refractivity contribution >= 4 is 43.8 Å². The Morgan fingerprint density at radius 2 is 2.08 bits per heavy atom. The Balaban J connectivity index is 2.18. The van der Waals surface area contributed by atoms with Crippen LogP contribution in [0, 0.1) is 11.6 Å². The number of aromatic nitrogens is 5. The number of pyridine rings is 1. The highest BCUT2D eigenvalue weighted by atomic mass is 79.9. The zero-order valence-electron chi connectivity index (χ0n) is 12.6. The summed E-state index contributed by atoms with van der Waals surface area (Å²) >= 11 is 6.30. The average Bonchev–Trinajstić information content (AvgIpc) is 3.07. The summed E-state index contributed by atoms with van der Waals surface area (Å²) in [5.74, 6) is -2.24. The molecule has 8 nitrogen and oxygen atoms in total. The second-order valence-corrected chi connectivity index (χ2v) is 6.38. The number of carbonyl (C=O) groups is 1. The molecule has 3 aromatic rings. The molecule has 0 bridgehead atoms. The van der Waals surface area contributed by atoms with Gasteiger partial charge in [0.05, 0.1) is 5.56 Å². The maximum absolute atomic E-state index is 14.5. The van der Waals surface area contributed by atoms with Gasteiger partial charge in [0, 0.05) is 21.6 Å². The van der Waals surface area contributed by atoms with Crippen molar-refractivity contribution in [3.05, 3.63) is 46.1 Å². The summed E-state index contributed by atoms with van der Waals surface area (Å²) < 4.78 is 30.0. The van der Waals surface area contributed by atoms with Gasteiger partial charge in [0.15, 0.2) is 17.5 Å². The van der Waals surface area contributed by atoms with E-state index >= 15 is 0 Å². The fourth-order valence-electron chi connectivity index (χ4n) is 2.17. The lowest BCUT2D eigenvalue weighted by molar-refractivity contribution is 0.209. The molecule has 0 atom stereocenters. The highest BCUT2D eigenvalue weighted by Gasteiger charge is 2.22. The molecule has 134 valence electrons. The van der Waals surface area contributed by atoms with Crippen LogP contribution in [0.25, 0.3) is 17.1 Å². The molecule has 0 aliphatic rings. The maximum Gasteiger partial charge on any atom is 0.410 e. The van der Waals surface area contributed by atoms with Crippen LogP contribution in [-0.4, -0.2) is 36.4 Å². The van der Waals surface area contributed by atoms with E-state index < -0.39 is 17.7 Å². The number of hydrogen-bond donors (Lipinski definition) is 2. The number of anilines is 1. The Hall–Kier alpha value is -2.47. The molecule has 1 amide bonds. The first-order chi connectivity index (χ1) is 12.4. The lowest BCUT2D eigenvalue weighted by atomic mass is 10.2. The minimum absolute atomic E-state index is 0.0209. The quantitative estimate of drug-likeness (QED) is 0.540. The van der Waals surface area contributed by atoms with Crippen molar-refractivity contribution in [1.82, 2.24) is 25.2 Å². The summed E-state index contributed by atoms with van der Waals surface area (Å²) in [5.41, 5.74) is 0.0860. The van der Waals surface area contributed by atoms with E-state index in [0.29, 0.717) is 4.47 Å². The lowest BCUT2D eigenvalue weighted by Gasteiger charge is -2.11. The molecule has 0 spiro atoms. The molecule has 0 radical (unpaired) electrons. The molecular weight excluding hydrogens is 482 g/mol. The van der Waals surface area contributed by atoms with E-state index in [9.17, 15) is 13.6 Å². The van der Waals surface area contributed by atoms with Crippen molar-refractivity contribution in [2.75, 3.05) is 5.32 Å². The van der Waals surface area contributed by atoms with E-state index in [1.54, 1.807) is 0 Å². The molecule has 0 unspecified atom stereocenters. The minimum atomic E-state index is -1.35. The van der Waals surface area contributed by atoms with Gasteiger partial charge in [-0.05, 0) is 38.5 Å². The van der Waals surface area contributed by atoms with Gasteiger partial charge in [-0.3, -0.25) is 5.32 Å². The molecule has 26 heavy (non-hydrogen) atoms. The molecule has 2 aromatic heterocycles. The number of amides is 1. The fraction of sp³-hybridized carbons (Fsp3) is 0.0714. The van der Waals surface area contributed by atoms with Gasteiger partial charge >= 0.3 is 6.09 Å². The summed E-state index contributed by atoms with van der Waals surface area (Å²) in [6.07, 6.45) is 0.0209. The minimum Gasteiger partial charge on any atom is -0.465 e. The number of tetrazole rings is 1. The number of nitrogens with one attached hydrogen (secondary N) is 1. The average molecular weight is 490 g/mol. The van der Waals surface area contributed by atoms with Crippen LogP contribution in [0.4, 0.5) is 19.4 Å². The first-order valence-electron chi connectivity index (χ1n) is 6.89. The molecule has 0 saturated heterocycles. The predicted molar refractivity (Wildman–Crippen MR) is 94.3 cm³/mol. The van der Waals surface area contributed by atoms with Crippen molar-refractivity contribution < 1.29 is 18.7 Å². The smallest absolute Gasteiger partial charge is 0.410 e. The van der Waals surface area contributed by atoms with Crippen LogP contribution in [0.15, 0.2) is 28.9 Å². The Morgan fingerprint density at radius 1 is 1.31 bits per heavy atom. The number of carboxylic acid groups (broad SMARTS) is 1. The number of benzene rings is 1. The third-order valence-electron chi connectivity index (χ3n) is 3.30. The molecule has 0 saturated carbocycles. The van der Waals surface area contributed by atoms with Crippen LogP contribution in [0.1, 0.15) is 5.56 Å². The van der Waals surface area contributed by atoms with Crippen LogP contribution in [-0.2, 0) is 5.33 Å². The zero-order chi connectivity index (χ0) is 18.8. The van der Waals surface area contributed by atoms with Gasteiger partial charge in [0.2, 0.25) is 0 Å². The maximum atomic E-state index is 14.5. The van der Waals surface area contributed by atoms with Crippen LogP contribution < -0.4 is 5.32 Å². The zero-order valence-corrected chi connectivity index (χ0v) is 15.8. The molecule has 1 aromatic carbocycles. The largest absolute Gasteiger partial charge is 0.465 e. The van der Waals surface area contributed by atoms with Gasteiger partial charge in [-0.2, -0.15) is 4.68 Å². The third-order valence-corrected chi connectivity index (χ3v) is 4.34. The van der Waals surface area contributed by atoms with Gasteiger partial charge in [-0.1, -0.05) is 22.0 Å². The molecule has 0 aliphatic carbocycles. The van der Waals surface area contributed by atoms with E-state index in [2.05, 4.69) is 57.7 Å². The van der Waals surface area contributed by atoms with E-state index in [-0.39, 0.29) is 33.8 Å². The van der Waals surface area contributed by atoms with Crippen molar-refractivity contribution in [2.24, 2.45) is 0 Å². The van der Waals surface area contributed by atoms with E-state index in [1.807, 2.05) is 0 Å². The summed E-state index contributed by atoms with van der Waals surface area (Å²) in [6.45, 7) is 0. The normalized spacial score (nSPS) is 10.8. The first kappa shape index (κ1) is 18.3. The van der Waals surface area contributed by atoms with E-state index in [1.165, 1.54) is 24.4 Å². The fourth-order valence-corrected chi connectivity index (χ4v) is 2.94. The summed E-state index contributed by atoms with van der Waals surface area (Å²) in [6, 6.07) is 4.22. The van der Waals surface area contributed by atoms with Crippen LogP contribution >= 0.6 is 31.9 Å². The molecule has 2 N–H and O–H groups in total. The number of halogens is 4. The van der Waals surface area contributed by atoms with Crippen molar-refractivity contribution in [3.8, 4) is 17.1 Å². The Bertz CT molecular complexity index is 998. The molecule has 0 aliphatic heterocycles. The molecule has 12 heteroatoms. The Kier molecular flexibility index (Phi) is 5.23. The predicted octanol–water partition coefficient (Wildman–Crippen LogP) is 3.75. The lowest BCUT2D eigenvalue weighted by Crippen LogP contribution is -2.12. The second kappa shape index (κ2) is 7.41. The SMILES string of the molecule is O=C(O)Nc1ncc(Br)cc1-c1nnnn1-c1ccc(CBr)c(F)c1F. The second-order valence-electron chi connectivity index (χ2n) is 4.90. The van der Waals surface area contributed by atoms with Gasteiger partial charge in [0.25, 0.3) is 0 Å². The number of alkyl halides is 1. The topological polar surface area (TPSA) is 106 Å². The van der Waals surface area contributed by atoms with Gasteiger partial charge in [-0.25, -0.2) is 18.6 Å². The van der Waals surface area contributed by atoms with Crippen LogP contribution in [0.2, 0.25) is 0 Å². The third kappa shape index (κ3) is 3.42. The Morgan fingerprint density at radius 3 is 2.77 bits per heavy atom. The monoisotopic (exact) mass is 488 g/mol. The Labute approximate surface area is 161 Å². The molecule has 3 rings (SSSR count). The van der Waals surface area contributed by atoms with Gasteiger partial charge in [-0.15, -0.1) is 5.10 Å².